The van der Waals surface area contributed by atoms with Gasteiger partial charge in [0, 0.05) is 6.04 Å². The van der Waals surface area contributed by atoms with Gasteiger partial charge in [0.05, 0.1) is 0 Å². The van der Waals surface area contributed by atoms with Crippen molar-refractivity contribution in [2.24, 2.45) is 23.2 Å². The van der Waals surface area contributed by atoms with Crippen LogP contribution in [-0.2, 0) is 0 Å². The number of rotatable bonds is 4. The molecule has 0 bridgehead atoms. The van der Waals surface area contributed by atoms with Gasteiger partial charge in [-0.05, 0) is 68.2 Å². The number of nitrogens with one attached hydrogen (secondary N) is 1. The fourth-order valence-corrected chi connectivity index (χ4v) is 4.61. The van der Waals surface area contributed by atoms with E-state index < -0.39 is 0 Å². The molecule has 0 spiro atoms. The van der Waals surface area contributed by atoms with Crippen molar-refractivity contribution >= 4 is 0 Å². The molecule has 1 N–H and O–H groups in total. The van der Waals surface area contributed by atoms with Gasteiger partial charge in [0.2, 0.25) is 0 Å². The second-order valence-electron chi connectivity index (χ2n) is 8.11. The van der Waals surface area contributed by atoms with Crippen molar-refractivity contribution in [3.8, 4) is 0 Å². The zero-order valence-electron chi connectivity index (χ0n) is 13.7. The van der Waals surface area contributed by atoms with Crippen LogP contribution < -0.4 is 5.32 Å². The maximum atomic E-state index is 3.85. The number of hydrogen-bond donors (Lipinski definition) is 1. The molecule has 0 aliphatic heterocycles. The Morgan fingerprint density at radius 2 is 1.42 bits per heavy atom. The van der Waals surface area contributed by atoms with Crippen LogP contribution in [0.1, 0.15) is 79.1 Å². The summed E-state index contributed by atoms with van der Waals surface area (Å²) < 4.78 is 0. The maximum Gasteiger partial charge on any atom is 0.0123 e. The summed E-state index contributed by atoms with van der Waals surface area (Å²) in [5.41, 5.74) is 0.520. The Hall–Kier alpha value is -0.0400. The zero-order chi connectivity index (χ0) is 13.9. The van der Waals surface area contributed by atoms with E-state index >= 15 is 0 Å². The first-order chi connectivity index (χ1) is 9.02. The summed E-state index contributed by atoms with van der Waals surface area (Å²) in [6, 6.07) is 0.827. The third kappa shape index (κ3) is 3.97. The van der Waals surface area contributed by atoms with Gasteiger partial charge in [-0.15, -0.1) is 0 Å². The highest BCUT2D eigenvalue weighted by molar-refractivity contribution is 4.90. The van der Waals surface area contributed by atoms with Crippen LogP contribution in [-0.4, -0.2) is 12.6 Å². The van der Waals surface area contributed by atoms with Crippen molar-refractivity contribution < 1.29 is 0 Å². The van der Waals surface area contributed by atoms with Crippen LogP contribution >= 0.6 is 0 Å². The van der Waals surface area contributed by atoms with E-state index in [1.54, 1.807) is 0 Å². The summed E-state index contributed by atoms with van der Waals surface area (Å²) in [5.74, 6) is 2.90. The van der Waals surface area contributed by atoms with Gasteiger partial charge in [0.25, 0.3) is 0 Å². The Kier molecular flexibility index (Phi) is 5.34. The quantitative estimate of drug-likeness (QED) is 0.753. The summed E-state index contributed by atoms with van der Waals surface area (Å²) in [6.07, 6.45) is 11.8. The smallest absolute Gasteiger partial charge is 0.0123 e. The highest BCUT2D eigenvalue weighted by Gasteiger charge is 2.36. The molecule has 0 aromatic heterocycles. The Morgan fingerprint density at radius 1 is 0.895 bits per heavy atom. The van der Waals surface area contributed by atoms with Crippen LogP contribution in [0.25, 0.3) is 0 Å². The Bertz CT molecular complexity index is 251. The van der Waals surface area contributed by atoms with Gasteiger partial charge in [0.15, 0.2) is 0 Å². The minimum atomic E-state index is 0.520. The van der Waals surface area contributed by atoms with Crippen molar-refractivity contribution in [3.63, 3.8) is 0 Å². The molecule has 0 amide bonds. The van der Waals surface area contributed by atoms with Gasteiger partial charge < -0.3 is 5.32 Å². The second kappa shape index (κ2) is 6.61. The minimum Gasteiger partial charge on any atom is -0.314 e. The molecule has 2 saturated carbocycles. The Balaban J connectivity index is 1.89. The summed E-state index contributed by atoms with van der Waals surface area (Å²) in [4.78, 5) is 0. The molecule has 112 valence electrons. The fraction of sp³-hybridized carbons (Fsp3) is 1.00. The molecular formula is C18H35N. The lowest BCUT2D eigenvalue weighted by Crippen LogP contribution is -2.43. The van der Waals surface area contributed by atoms with Gasteiger partial charge in [-0.2, -0.15) is 0 Å². The summed E-state index contributed by atoms with van der Waals surface area (Å²) in [6.45, 7) is 10.7. The fourth-order valence-electron chi connectivity index (χ4n) is 4.61. The van der Waals surface area contributed by atoms with Gasteiger partial charge >= 0.3 is 0 Å². The zero-order valence-corrected chi connectivity index (χ0v) is 13.7. The van der Waals surface area contributed by atoms with E-state index in [2.05, 4.69) is 33.0 Å². The molecule has 19 heavy (non-hydrogen) atoms. The van der Waals surface area contributed by atoms with Crippen LogP contribution in [0.5, 0.6) is 0 Å². The molecule has 2 fully saturated rings. The van der Waals surface area contributed by atoms with E-state index in [1.165, 1.54) is 51.4 Å². The molecule has 0 aromatic carbocycles. The topological polar surface area (TPSA) is 12.0 Å². The van der Waals surface area contributed by atoms with E-state index in [4.69, 9.17) is 0 Å². The molecule has 2 aliphatic rings. The monoisotopic (exact) mass is 265 g/mol. The van der Waals surface area contributed by atoms with E-state index in [-0.39, 0.29) is 0 Å². The van der Waals surface area contributed by atoms with Crippen molar-refractivity contribution in [1.29, 1.82) is 0 Å². The van der Waals surface area contributed by atoms with Crippen LogP contribution in [0.2, 0.25) is 0 Å². The first-order valence-corrected chi connectivity index (χ1v) is 8.75. The van der Waals surface area contributed by atoms with Gasteiger partial charge in [-0.3, -0.25) is 0 Å². The molecule has 0 saturated heterocycles. The van der Waals surface area contributed by atoms with Crippen molar-refractivity contribution in [2.45, 2.75) is 85.1 Å². The van der Waals surface area contributed by atoms with Crippen molar-refractivity contribution in [1.82, 2.24) is 5.32 Å². The third-order valence-electron chi connectivity index (χ3n) is 5.85. The van der Waals surface area contributed by atoms with E-state index in [0.29, 0.717) is 5.41 Å². The predicted molar refractivity (Wildman–Crippen MR) is 84.3 cm³/mol. The van der Waals surface area contributed by atoms with E-state index in [9.17, 15) is 0 Å². The molecule has 0 aromatic rings. The van der Waals surface area contributed by atoms with Crippen molar-refractivity contribution in [3.05, 3.63) is 0 Å². The number of hydrogen-bond acceptors (Lipinski definition) is 1. The highest BCUT2D eigenvalue weighted by atomic mass is 14.9. The van der Waals surface area contributed by atoms with Crippen LogP contribution in [0.4, 0.5) is 0 Å². The predicted octanol–water partition coefficient (Wildman–Crippen LogP) is 5.01. The standard InChI is InChI=1S/C18H35N/c1-5-19-17(14-8-6-7-9-14)15-10-12-16(13-11-15)18(2,3)4/h14-17,19H,5-13H2,1-4H3. The van der Waals surface area contributed by atoms with Crippen LogP contribution in [0.15, 0.2) is 0 Å². The summed E-state index contributed by atoms with van der Waals surface area (Å²) >= 11 is 0. The third-order valence-corrected chi connectivity index (χ3v) is 5.85. The van der Waals surface area contributed by atoms with Crippen LogP contribution in [0, 0.1) is 23.2 Å². The molecule has 1 nitrogen and oxygen atoms in total. The first kappa shape index (κ1) is 15.4. The lowest BCUT2D eigenvalue weighted by Gasteiger charge is -2.41. The molecule has 2 aliphatic carbocycles. The molecule has 1 atom stereocenters. The molecule has 0 heterocycles. The molecular weight excluding hydrogens is 230 g/mol. The van der Waals surface area contributed by atoms with Crippen LogP contribution in [0.3, 0.4) is 0 Å². The Labute approximate surface area is 120 Å². The average Bonchev–Trinajstić information content (AvgIpc) is 2.89. The first-order valence-electron chi connectivity index (χ1n) is 8.75. The highest BCUT2D eigenvalue weighted by Crippen LogP contribution is 2.43. The van der Waals surface area contributed by atoms with Gasteiger partial charge in [-0.1, -0.05) is 40.5 Å². The minimum absolute atomic E-state index is 0.520. The Morgan fingerprint density at radius 3 is 1.89 bits per heavy atom. The molecule has 1 heteroatoms. The van der Waals surface area contributed by atoms with E-state index in [0.717, 1.165) is 30.3 Å². The SMILES string of the molecule is CCNC(C1CCCC1)C1CCC(C(C)(C)C)CC1. The summed E-state index contributed by atoms with van der Waals surface area (Å²) in [5, 5.41) is 3.85. The molecule has 1 unspecified atom stereocenters. The van der Waals surface area contributed by atoms with Gasteiger partial charge in [-0.25, -0.2) is 0 Å². The lowest BCUT2D eigenvalue weighted by molar-refractivity contribution is 0.117. The second-order valence-corrected chi connectivity index (χ2v) is 8.11. The largest absolute Gasteiger partial charge is 0.314 e. The summed E-state index contributed by atoms with van der Waals surface area (Å²) in [7, 11) is 0. The lowest BCUT2D eigenvalue weighted by atomic mass is 9.67. The average molecular weight is 265 g/mol. The van der Waals surface area contributed by atoms with Crippen molar-refractivity contribution in [2.75, 3.05) is 6.54 Å². The molecule has 2 rings (SSSR count). The normalized spacial score (nSPS) is 31.6. The maximum absolute atomic E-state index is 3.85. The van der Waals surface area contributed by atoms with Gasteiger partial charge in [0.1, 0.15) is 0 Å². The van der Waals surface area contributed by atoms with E-state index in [1.807, 2.05) is 0 Å². The molecule has 0 radical (unpaired) electrons.